The maximum atomic E-state index is 9.25. The summed E-state index contributed by atoms with van der Waals surface area (Å²) in [6, 6.07) is 0. The highest BCUT2D eigenvalue weighted by molar-refractivity contribution is 7.99. The Morgan fingerprint density at radius 3 is 3.27 bits per heavy atom. The standard InChI is InChI=1S/C5H8N4OS/c6-4-7-8-5-9(4)1-3(10)2-11-5/h3,10H,1-2H2,(H2,6,7). The number of hydrogen-bond donors (Lipinski definition) is 2. The number of fused-ring (bicyclic) bond motifs is 1. The molecule has 11 heavy (non-hydrogen) atoms. The van der Waals surface area contributed by atoms with E-state index in [-0.39, 0.29) is 6.10 Å². The monoisotopic (exact) mass is 172 g/mol. The molecule has 0 spiro atoms. The molecule has 1 unspecified atom stereocenters. The summed E-state index contributed by atoms with van der Waals surface area (Å²) in [6.45, 7) is 0.515. The molecule has 1 aromatic rings. The summed E-state index contributed by atoms with van der Waals surface area (Å²) in [5.41, 5.74) is 5.49. The lowest BCUT2D eigenvalue weighted by Crippen LogP contribution is -2.24. The van der Waals surface area contributed by atoms with E-state index in [4.69, 9.17) is 5.73 Å². The van der Waals surface area contributed by atoms with Crippen LogP contribution < -0.4 is 5.73 Å². The first-order chi connectivity index (χ1) is 5.27. The van der Waals surface area contributed by atoms with Crippen molar-refractivity contribution in [1.82, 2.24) is 14.8 Å². The zero-order valence-corrected chi connectivity index (χ0v) is 6.58. The molecule has 0 aromatic carbocycles. The van der Waals surface area contributed by atoms with Crippen LogP contribution in [0, 0.1) is 0 Å². The molecule has 1 aliphatic rings. The fraction of sp³-hybridized carbons (Fsp3) is 0.600. The zero-order valence-electron chi connectivity index (χ0n) is 5.77. The fourth-order valence-corrected chi connectivity index (χ4v) is 1.88. The minimum absolute atomic E-state index is 0.328. The summed E-state index contributed by atoms with van der Waals surface area (Å²) in [7, 11) is 0. The maximum absolute atomic E-state index is 9.25. The normalized spacial score (nSPS) is 23.2. The summed E-state index contributed by atoms with van der Waals surface area (Å²) in [4.78, 5) is 0. The first kappa shape index (κ1) is 6.93. The number of nitrogens with zero attached hydrogens (tertiary/aromatic N) is 3. The average molecular weight is 172 g/mol. The quantitative estimate of drug-likeness (QED) is 0.542. The molecule has 1 aliphatic heterocycles. The fourth-order valence-electron chi connectivity index (χ4n) is 1.01. The van der Waals surface area contributed by atoms with Gasteiger partial charge in [-0.05, 0) is 0 Å². The Morgan fingerprint density at radius 2 is 2.45 bits per heavy atom. The number of thioether (sulfide) groups is 1. The third-order valence-corrected chi connectivity index (χ3v) is 2.66. The van der Waals surface area contributed by atoms with Gasteiger partial charge < -0.3 is 10.8 Å². The van der Waals surface area contributed by atoms with Gasteiger partial charge in [0.25, 0.3) is 0 Å². The summed E-state index contributed by atoms with van der Waals surface area (Å²) < 4.78 is 1.72. The van der Waals surface area contributed by atoms with E-state index in [1.807, 2.05) is 0 Å². The molecular formula is C5H8N4OS. The molecule has 6 heteroatoms. The molecule has 2 rings (SSSR count). The Bertz CT molecular complexity index is 273. The van der Waals surface area contributed by atoms with Crippen molar-refractivity contribution >= 4 is 17.7 Å². The summed E-state index contributed by atoms with van der Waals surface area (Å²) in [5, 5.41) is 17.6. The van der Waals surface area contributed by atoms with Crippen LogP contribution in [0.5, 0.6) is 0 Å². The van der Waals surface area contributed by atoms with Crippen molar-refractivity contribution in [2.45, 2.75) is 17.8 Å². The predicted octanol–water partition coefficient (Wildman–Crippen LogP) is -0.673. The molecule has 0 bridgehead atoms. The van der Waals surface area contributed by atoms with Crippen molar-refractivity contribution in [3.05, 3.63) is 0 Å². The number of aliphatic hydroxyl groups is 1. The van der Waals surface area contributed by atoms with Crippen molar-refractivity contribution in [1.29, 1.82) is 0 Å². The molecule has 1 atom stereocenters. The van der Waals surface area contributed by atoms with Gasteiger partial charge in [0.1, 0.15) is 0 Å². The second-order valence-corrected chi connectivity index (χ2v) is 3.40. The molecule has 0 saturated heterocycles. The van der Waals surface area contributed by atoms with Gasteiger partial charge in [0.2, 0.25) is 5.95 Å². The van der Waals surface area contributed by atoms with Gasteiger partial charge in [-0.25, -0.2) is 0 Å². The van der Waals surface area contributed by atoms with Gasteiger partial charge in [-0.3, -0.25) is 4.57 Å². The molecule has 5 nitrogen and oxygen atoms in total. The van der Waals surface area contributed by atoms with Crippen LogP contribution in [0.4, 0.5) is 5.95 Å². The van der Waals surface area contributed by atoms with E-state index in [0.717, 1.165) is 5.16 Å². The first-order valence-electron chi connectivity index (χ1n) is 3.27. The van der Waals surface area contributed by atoms with Crippen LogP contribution >= 0.6 is 11.8 Å². The maximum Gasteiger partial charge on any atom is 0.222 e. The Hall–Kier alpha value is -0.750. The minimum atomic E-state index is -0.328. The third kappa shape index (κ3) is 1.08. The third-order valence-electron chi connectivity index (χ3n) is 1.54. The van der Waals surface area contributed by atoms with Crippen molar-refractivity contribution in [3.8, 4) is 0 Å². The van der Waals surface area contributed by atoms with Gasteiger partial charge in [0.15, 0.2) is 5.16 Å². The smallest absolute Gasteiger partial charge is 0.222 e. The van der Waals surface area contributed by atoms with E-state index in [9.17, 15) is 5.11 Å². The number of nitrogen functional groups attached to an aromatic ring is 1. The highest BCUT2D eigenvalue weighted by Gasteiger charge is 2.20. The van der Waals surface area contributed by atoms with Crippen molar-refractivity contribution in [2.24, 2.45) is 0 Å². The summed E-state index contributed by atoms with van der Waals surface area (Å²) >= 11 is 1.48. The van der Waals surface area contributed by atoms with Gasteiger partial charge >= 0.3 is 0 Å². The molecule has 2 heterocycles. The second kappa shape index (κ2) is 2.38. The van der Waals surface area contributed by atoms with Gasteiger partial charge in [-0.1, -0.05) is 11.8 Å². The van der Waals surface area contributed by atoms with E-state index in [0.29, 0.717) is 18.2 Å². The van der Waals surface area contributed by atoms with Gasteiger partial charge in [-0.15, -0.1) is 10.2 Å². The molecule has 3 N–H and O–H groups in total. The molecule has 0 saturated carbocycles. The number of rotatable bonds is 0. The van der Waals surface area contributed by atoms with Gasteiger partial charge in [-0.2, -0.15) is 0 Å². The van der Waals surface area contributed by atoms with Crippen LogP contribution in [0.25, 0.3) is 0 Å². The lowest BCUT2D eigenvalue weighted by atomic mass is 10.4. The Kier molecular flexibility index (Phi) is 1.50. The number of aromatic nitrogens is 3. The van der Waals surface area contributed by atoms with E-state index < -0.39 is 0 Å². The molecule has 0 amide bonds. The molecule has 0 aliphatic carbocycles. The minimum Gasteiger partial charge on any atom is -0.390 e. The van der Waals surface area contributed by atoms with Crippen LogP contribution in [-0.4, -0.2) is 31.7 Å². The number of aliphatic hydroxyl groups excluding tert-OH is 1. The highest BCUT2D eigenvalue weighted by Crippen LogP contribution is 2.24. The number of nitrogens with two attached hydrogens (primary N) is 1. The van der Waals surface area contributed by atoms with Crippen LogP contribution in [0.3, 0.4) is 0 Å². The van der Waals surface area contributed by atoms with E-state index in [1.54, 1.807) is 4.57 Å². The SMILES string of the molecule is Nc1nnc2n1CC(O)CS2. The van der Waals surface area contributed by atoms with Crippen molar-refractivity contribution < 1.29 is 5.11 Å². The number of anilines is 1. The molecule has 0 fully saturated rings. The second-order valence-electron chi connectivity index (χ2n) is 2.42. The molecular weight excluding hydrogens is 164 g/mol. The van der Waals surface area contributed by atoms with E-state index in [1.165, 1.54) is 11.8 Å². The van der Waals surface area contributed by atoms with Crippen molar-refractivity contribution in [2.75, 3.05) is 11.5 Å². The Morgan fingerprint density at radius 1 is 1.64 bits per heavy atom. The first-order valence-corrected chi connectivity index (χ1v) is 4.25. The molecule has 1 aromatic heterocycles. The van der Waals surface area contributed by atoms with Crippen molar-refractivity contribution in [3.63, 3.8) is 0 Å². The van der Waals surface area contributed by atoms with Crippen LogP contribution in [0.15, 0.2) is 5.16 Å². The molecule has 0 radical (unpaired) electrons. The zero-order chi connectivity index (χ0) is 7.84. The van der Waals surface area contributed by atoms with Crippen LogP contribution in [0.2, 0.25) is 0 Å². The predicted molar refractivity (Wildman–Crippen MR) is 41.2 cm³/mol. The summed E-state index contributed by atoms with van der Waals surface area (Å²) in [5.74, 6) is 1.06. The lowest BCUT2D eigenvalue weighted by Gasteiger charge is -2.17. The Balaban J connectivity index is 2.37. The summed E-state index contributed by atoms with van der Waals surface area (Å²) in [6.07, 6.45) is -0.328. The lowest BCUT2D eigenvalue weighted by molar-refractivity contribution is 0.171. The number of hydrogen-bond acceptors (Lipinski definition) is 5. The van der Waals surface area contributed by atoms with E-state index >= 15 is 0 Å². The highest BCUT2D eigenvalue weighted by atomic mass is 32.2. The van der Waals surface area contributed by atoms with E-state index in [2.05, 4.69) is 10.2 Å². The van der Waals surface area contributed by atoms with Crippen LogP contribution in [-0.2, 0) is 6.54 Å². The molecule has 60 valence electrons. The largest absolute Gasteiger partial charge is 0.390 e. The average Bonchev–Trinajstić information content (AvgIpc) is 2.33. The van der Waals surface area contributed by atoms with Crippen LogP contribution in [0.1, 0.15) is 0 Å². The Labute approximate surface area is 67.6 Å². The van der Waals surface area contributed by atoms with Gasteiger partial charge in [0.05, 0.1) is 12.6 Å². The van der Waals surface area contributed by atoms with Gasteiger partial charge in [0, 0.05) is 5.75 Å². The topological polar surface area (TPSA) is 77.0 Å².